The highest BCUT2D eigenvalue weighted by atomic mass is 35.5. The van der Waals surface area contributed by atoms with Crippen LogP contribution in [0.4, 0.5) is 0 Å². The molecule has 0 bridgehead atoms. The number of nitrogens with zero attached hydrogens (tertiary/aromatic N) is 2. The number of carbonyl (C=O) groups excluding carboxylic acids is 1. The molecule has 0 fully saturated rings. The van der Waals surface area contributed by atoms with Crippen LogP contribution in [0.1, 0.15) is 28.8 Å². The first-order valence-corrected chi connectivity index (χ1v) is 4.79. The van der Waals surface area contributed by atoms with Gasteiger partial charge in [-0.2, -0.15) is 0 Å². The lowest BCUT2D eigenvalue weighted by atomic mass is 10.2. The molecular weight excluding hydrogens is 216 g/mol. The van der Waals surface area contributed by atoms with Crippen molar-refractivity contribution in [1.29, 1.82) is 0 Å². The average molecular weight is 227 g/mol. The number of aromatic nitrogens is 2. The number of aryl methyl sites for hydroxylation is 1. The number of aldehydes is 1. The molecule has 1 aromatic heterocycles. The third kappa shape index (κ3) is 2.53. The highest BCUT2D eigenvalue weighted by molar-refractivity contribution is 6.32. The quantitative estimate of drug-likeness (QED) is 0.449. The summed E-state index contributed by atoms with van der Waals surface area (Å²) in [7, 11) is 0. The van der Waals surface area contributed by atoms with E-state index in [1.165, 1.54) is 0 Å². The molecule has 0 aliphatic carbocycles. The summed E-state index contributed by atoms with van der Waals surface area (Å²) in [6.07, 6.45) is 0.599. The first-order valence-electron chi connectivity index (χ1n) is 4.41. The van der Waals surface area contributed by atoms with Gasteiger partial charge in [-0.05, 0) is 13.8 Å². The van der Waals surface area contributed by atoms with E-state index in [1.54, 1.807) is 6.92 Å². The molecule has 0 spiro atoms. The van der Waals surface area contributed by atoms with E-state index in [4.69, 9.17) is 16.3 Å². The molecule has 0 aliphatic heterocycles. The summed E-state index contributed by atoms with van der Waals surface area (Å²) in [6.45, 7) is 7.64. The second-order valence-corrected chi connectivity index (χ2v) is 3.16. The van der Waals surface area contributed by atoms with E-state index >= 15 is 0 Å². The number of halogens is 1. The van der Waals surface area contributed by atoms with Crippen molar-refractivity contribution in [3.8, 4) is 0 Å². The summed E-state index contributed by atoms with van der Waals surface area (Å²) in [4.78, 5) is 18.8. The minimum Gasteiger partial charge on any atom is -0.492 e. The fourth-order valence-electron chi connectivity index (χ4n) is 1.11. The molecular formula is C10H11ClN2O2. The Morgan fingerprint density at radius 1 is 1.60 bits per heavy atom. The van der Waals surface area contributed by atoms with Gasteiger partial charge in [0.2, 0.25) is 0 Å². The Kier molecular flexibility index (Phi) is 3.80. The Balaban J connectivity index is 3.26. The normalized spacial score (nSPS) is 9.80. The van der Waals surface area contributed by atoms with Gasteiger partial charge in [-0.25, -0.2) is 9.97 Å². The first-order chi connectivity index (χ1) is 7.10. The van der Waals surface area contributed by atoms with Gasteiger partial charge in [0, 0.05) is 0 Å². The molecule has 0 saturated heterocycles. The van der Waals surface area contributed by atoms with E-state index in [9.17, 15) is 4.79 Å². The molecule has 0 saturated carbocycles. The van der Waals surface area contributed by atoms with Crippen molar-refractivity contribution in [3.05, 3.63) is 28.8 Å². The largest absolute Gasteiger partial charge is 0.492 e. The van der Waals surface area contributed by atoms with Crippen molar-refractivity contribution in [2.24, 2.45) is 0 Å². The Bertz CT molecular complexity index is 405. The molecule has 80 valence electrons. The second kappa shape index (κ2) is 4.89. The molecule has 1 rings (SSSR count). The second-order valence-electron chi connectivity index (χ2n) is 2.80. The van der Waals surface area contributed by atoms with Crippen LogP contribution in [0.3, 0.4) is 0 Å². The lowest BCUT2D eigenvalue weighted by Crippen LogP contribution is -2.04. The lowest BCUT2D eigenvalue weighted by Gasteiger charge is -2.09. The third-order valence-corrected chi connectivity index (χ3v) is 2.00. The number of ether oxygens (including phenoxy) is 1. The van der Waals surface area contributed by atoms with Crippen LogP contribution < -0.4 is 0 Å². The van der Waals surface area contributed by atoms with E-state index in [0.29, 0.717) is 30.2 Å². The summed E-state index contributed by atoms with van der Waals surface area (Å²) >= 11 is 5.80. The van der Waals surface area contributed by atoms with Crippen LogP contribution in [-0.2, 0) is 4.74 Å². The lowest BCUT2D eigenvalue weighted by molar-refractivity contribution is 0.112. The monoisotopic (exact) mass is 226 g/mol. The van der Waals surface area contributed by atoms with Crippen molar-refractivity contribution in [1.82, 2.24) is 9.97 Å². The number of carbonyl (C=O) groups is 1. The minimum absolute atomic E-state index is 0.119. The molecule has 0 aliphatic rings. The van der Waals surface area contributed by atoms with E-state index in [0.717, 1.165) is 0 Å². The molecule has 1 heterocycles. The van der Waals surface area contributed by atoms with Crippen LogP contribution >= 0.6 is 11.6 Å². The van der Waals surface area contributed by atoms with E-state index < -0.39 is 0 Å². The van der Waals surface area contributed by atoms with Gasteiger partial charge < -0.3 is 4.74 Å². The maximum atomic E-state index is 10.8. The Labute approximate surface area is 92.9 Å². The number of hydrogen-bond donors (Lipinski definition) is 0. The fraction of sp³-hybridized carbons (Fsp3) is 0.300. The van der Waals surface area contributed by atoms with Crippen molar-refractivity contribution in [3.63, 3.8) is 0 Å². The van der Waals surface area contributed by atoms with Gasteiger partial charge in [-0.1, -0.05) is 18.2 Å². The van der Waals surface area contributed by atoms with E-state index in [-0.39, 0.29) is 10.7 Å². The summed E-state index contributed by atoms with van der Waals surface area (Å²) in [5.41, 5.74) is 0.560. The van der Waals surface area contributed by atoms with Gasteiger partial charge in [0.1, 0.15) is 22.4 Å². The van der Waals surface area contributed by atoms with Crippen LogP contribution in [0.5, 0.6) is 0 Å². The molecule has 0 N–H and O–H groups in total. The molecule has 0 atom stereocenters. The maximum Gasteiger partial charge on any atom is 0.155 e. The summed E-state index contributed by atoms with van der Waals surface area (Å²) in [6, 6.07) is 0. The Morgan fingerprint density at radius 2 is 2.27 bits per heavy atom. The third-order valence-electron chi connectivity index (χ3n) is 1.71. The van der Waals surface area contributed by atoms with Crippen LogP contribution in [0.2, 0.25) is 5.15 Å². The van der Waals surface area contributed by atoms with Crippen LogP contribution in [-0.4, -0.2) is 22.9 Å². The van der Waals surface area contributed by atoms with Crippen LogP contribution in [0.15, 0.2) is 6.58 Å². The predicted octanol–water partition coefficient (Wildman–Crippen LogP) is 2.26. The Morgan fingerprint density at radius 3 is 2.80 bits per heavy atom. The SMILES string of the molecule is C=C(OCC)c1nc(C)nc(Cl)c1C=O. The first kappa shape index (κ1) is 11.7. The van der Waals surface area contributed by atoms with Crippen LogP contribution in [0.25, 0.3) is 5.76 Å². The van der Waals surface area contributed by atoms with Gasteiger partial charge >= 0.3 is 0 Å². The predicted molar refractivity (Wildman–Crippen MR) is 57.8 cm³/mol. The molecule has 5 heteroatoms. The van der Waals surface area contributed by atoms with Gasteiger partial charge in [0.15, 0.2) is 6.29 Å². The van der Waals surface area contributed by atoms with Gasteiger partial charge in [0.05, 0.1) is 12.2 Å². The highest BCUT2D eigenvalue weighted by Gasteiger charge is 2.14. The summed E-state index contributed by atoms with van der Waals surface area (Å²) < 4.78 is 5.18. The molecule has 15 heavy (non-hydrogen) atoms. The minimum atomic E-state index is 0.119. The summed E-state index contributed by atoms with van der Waals surface area (Å²) in [5, 5.41) is 0.119. The van der Waals surface area contributed by atoms with Gasteiger partial charge in [-0.15, -0.1) is 0 Å². The fourth-order valence-corrected chi connectivity index (χ4v) is 1.36. The zero-order valence-corrected chi connectivity index (χ0v) is 9.34. The highest BCUT2D eigenvalue weighted by Crippen LogP contribution is 2.21. The summed E-state index contributed by atoms with van der Waals surface area (Å²) in [5.74, 6) is 0.799. The van der Waals surface area contributed by atoms with Crippen molar-refractivity contribution >= 4 is 23.6 Å². The molecule has 0 unspecified atom stereocenters. The van der Waals surface area contributed by atoms with Gasteiger partial charge in [0.25, 0.3) is 0 Å². The maximum absolute atomic E-state index is 10.8. The van der Waals surface area contributed by atoms with Crippen molar-refractivity contribution in [2.45, 2.75) is 13.8 Å². The van der Waals surface area contributed by atoms with Crippen LogP contribution in [0, 0.1) is 6.92 Å². The van der Waals surface area contributed by atoms with Gasteiger partial charge in [-0.3, -0.25) is 4.79 Å². The Hall–Kier alpha value is -1.42. The molecule has 0 radical (unpaired) electrons. The van der Waals surface area contributed by atoms with Crippen molar-refractivity contribution in [2.75, 3.05) is 6.61 Å². The van der Waals surface area contributed by atoms with Crippen molar-refractivity contribution < 1.29 is 9.53 Å². The molecule has 1 aromatic rings. The zero-order chi connectivity index (χ0) is 11.4. The van der Waals surface area contributed by atoms with E-state index in [2.05, 4.69) is 16.5 Å². The number of hydrogen-bond acceptors (Lipinski definition) is 4. The molecule has 0 aromatic carbocycles. The average Bonchev–Trinajstić information content (AvgIpc) is 2.17. The zero-order valence-electron chi connectivity index (χ0n) is 8.58. The molecule has 0 amide bonds. The molecule has 4 nitrogen and oxygen atoms in total. The number of rotatable bonds is 4. The topological polar surface area (TPSA) is 52.1 Å². The smallest absolute Gasteiger partial charge is 0.155 e. The standard InChI is InChI=1S/C10H11ClN2O2/c1-4-15-6(2)9-8(5-14)10(11)13-7(3)12-9/h5H,2,4H2,1,3H3. The van der Waals surface area contributed by atoms with E-state index in [1.807, 2.05) is 6.92 Å².